The summed E-state index contributed by atoms with van der Waals surface area (Å²) in [5.74, 6) is 0.626. The zero-order chi connectivity index (χ0) is 11.4. The maximum atomic E-state index is 5.65. The number of likely N-dealkylation sites (tertiary alicyclic amines) is 1. The Morgan fingerprint density at radius 3 is 3.19 bits per heavy atom. The van der Waals surface area contributed by atoms with E-state index in [1.165, 1.54) is 19.4 Å². The maximum Gasteiger partial charge on any atom is 0.215 e. The van der Waals surface area contributed by atoms with Gasteiger partial charge >= 0.3 is 0 Å². The maximum absolute atomic E-state index is 5.65. The summed E-state index contributed by atoms with van der Waals surface area (Å²) in [6.45, 7) is 1.92. The van der Waals surface area contributed by atoms with Gasteiger partial charge in [0, 0.05) is 24.0 Å². The van der Waals surface area contributed by atoms with Gasteiger partial charge in [0.1, 0.15) is 0 Å². The van der Waals surface area contributed by atoms with Gasteiger partial charge in [-0.3, -0.25) is 0 Å². The minimum atomic E-state index is 0.626. The molecule has 0 bridgehead atoms. The number of nitrogens with two attached hydrogens (primary N) is 1. The summed E-state index contributed by atoms with van der Waals surface area (Å²) in [4.78, 5) is 6.51. The van der Waals surface area contributed by atoms with Gasteiger partial charge in [-0.25, -0.2) is 4.98 Å². The Hall–Kier alpha value is -1.29. The first kappa shape index (κ1) is 11.2. The molecular weight excluding hydrogens is 202 g/mol. The van der Waals surface area contributed by atoms with Crippen molar-refractivity contribution in [2.45, 2.75) is 25.3 Å². The SMILES string of the molecule is CN1CCCC1CCOc1cc(N)ccn1. The van der Waals surface area contributed by atoms with E-state index in [1.54, 1.807) is 18.3 Å². The number of aromatic nitrogens is 1. The zero-order valence-corrected chi connectivity index (χ0v) is 9.72. The highest BCUT2D eigenvalue weighted by Gasteiger charge is 2.20. The van der Waals surface area contributed by atoms with Crippen LogP contribution in [-0.2, 0) is 0 Å². The minimum Gasteiger partial charge on any atom is -0.478 e. The van der Waals surface area contributed by atoms with Gasteiger partial charge in [0.25, 0.3) is 0 Å². The molecule has 1 aliphatic heterocycles. The predicted octanol–water partition coefficient (Wildman–Crippen LogP) is 1.53. The lowest BCUT2D eigenvalue weighted by Crippen LogP contribution is -2.26. The Morgan fingerprint density at radius 2 is 2.50 bits per heavy atom. The van der Waals surface area contributed by atoms with Crippen LogP contribution in [0.25, 0.3) is 0 Å². The first-order valence-corrected chi connectivity index (χ1v) is 5.80. The third-order valence-electron chi connectivity index (χ3n) is 3.13. The van der Waals surface area contributed by atoms with Crippen LogP contribution in [0.1, 0.15) is 19.3 Å². The van der Waals surface area contributed by atoms with Crippen LogP contribution in [0.4, 0.5) is 5.69 Å². The number of anilines is 1. The fourth-order valence-electron chi connectivity index (χ4n) is 2.15. The van der Waals surface area contributed by atoms with E-state index in [1.807, 2.05) is 0 Å². The highest BCUT2D eigenvalue weighted by atomic mass is 16.5. The quantitative estimate of drug-likeness (QED) is 0.837. The molecule has 88 valence electrons. The lowest BCUT2D eigenvalue weighted by molar-refractivity contribution is 0.228. The second-order valence-electron chi connectivity index (χ2n) is 4.34. The average Bonchev–Trinajstić information content (AvgIpc) is 2.65. The number of hydrogen-bond acceptors (Lipinski definition) is 4. The molecule has 2 N–H and O–H groups in total. The van der Waals surface area contributed by atoms with Crippen LogP contribution in [0.2, 0.25) is 0 Å². The predicted molar refractivity (Wildman–Crippen MR) is 64.4 cm³/mol. The van der Waals surface area contributed by atoms with Crippen LogP contribution in [0, 0.1) is 0 Å². The number of ether oxygens (including phenoxy) is 1. The lowest BCUT2D eigenvalue weighted by Gasteiger charge is -2.18. The summed E-state index contributed by atoms with van der Waals surface area (Å²) >= 11 is 0. The van der Waals surface area contributed by atoms with Crippen molar-refractivity contribution >= 4 is 5.69 Å². The van der Waals surface area contributed by atoms with Crippen molar-refractivity contribution in [3.05, 3.63) is 18.3 Å². The zero-order valence-electron chi connectivity index (χ0n) is 9.72. The Kier molecular flexibility index (Phi) is 3.62. The van der Waals surface area contributed by atoms with Crippen molar-refractivity contribution in [2.24, 2.45) is 0 Å². The van der Waals surface area contributed by atoms with Gasteiger partial charge in [-0.05, 0) is 38.9 Å². The molecule has 16 heavy (non-hydrogen) atoms. The second kappa shape index (κ2) is 5.16. The Morgan fingerprint density at radius 1 is 1.62 bits per heavy atom. The topological polar surface area (TPSA) is 51.4 Å². The second-order valence-corrected chi connectivity index (χ2v) is 4.34. The summed E-state index contributed by atoms with van der Waals surface area (Å²) in [6, 6.07) is 4.19. The highest BCUT2D eigenvalue weighted by Crippen LogP contribution is 2.18. The van der Waals surface area contributed by atoms with Gasteiger partial charge in [-0.1, -0.05) is 0 Å². The molecule has 0 aliphatic carbocycles. The first-order chi connectivity index (χ1) is 7.75. The molecular formula is C12H19N3O. The van der Waals surface area contributed by atoms with Crippen LogP contribution in [0.3, 0.4) is 0 Å². The number of rotatable bonds is 4. The molecule has 0 spiro atoms. The van der Waals surface area contributed by atoms with Crippen LogP contribution in [0.15, 0.2) is 18.3 Å². The molecule has 4 heteroatoms. The Balaban J connectivity index is 1.75. The molecule has 1 aromatic rings. The van der Waals surface area contributed by atoms with Crippen molar-refractivity contribution < 1.29 is 4.74 Å². The van der Waals surface area contributed by atoms with E-state index < -0.39 is 0 Å². The van der Waals surface area contributed by atoms with Crippen LogP contribution >= 0.6 is 0 Å². The summed E-state index contributed by atoms with van der Waals surface area (Å²) in [5.41, 5.74) is 6.34. The van der Waals surface area contributed by atoms with Crippen LogP contribution in [0.5, 0.6) is 5.88 Å². The molecule has 0 amide bonds. The Labute approximate surface area is 96.4 Å². The van der Waals surface area contributed by atoms with Gasteiger partial charge in [-0.15, -0.1) is 0 Å². The standard InChI is InChI=1S/C12H19N3O/c1-15-7-2-3-11(15)5-8-16-12-9-10(13)4-6-14-12/h4,6,9,11H,2-3,5,7-8H2,1H3,(H2,13,14). The van der Waals surface area contributed by atoms with E-state index in [-0.39, 0.29) is 0 Å². The fraction of sp³-hybridized carbons (Fsp3) is 0.583. The van der Waals surface area contributed by atoms with E-state index >= 15 is 0 Å². The van der Waals surface area contributed by atoms with Crippen molar-refractivity contribution in [2.75, 3.05) is 25.9 Å². The van der Waals surface area contributed by atoms with E-state index in [2.05, 4.69) is 16.9 Å². The highest BCUT2D eigenvalue weighted by molar-refractivity contribution is 5.39. The molecule has 1 aliphatic rings. The monoisotopic (exact) mass is 221 g/mol. The summed E-state index contributed by atoms with van der Waals surface area (Å²) in [6.07, 6.45) is 5.32. The number of nitrogens with zero attached hydrogens (tertiary/aromatic N) is 2. The summed E-state index contributed by atoms with van der Waals surface area (Å²) in [7, 11) is 2.18. The molecule has 1 unspecified atom stereocenters. The third kappa shape index (κ3) is 2.85. The van der Waals surface area contributed by atoms with Crippen LogP contribution < -0.4 is 10.5 Å². The molecule has 1 aromatic heterocycles. The number of pyridine rings is 1. The fourth-order valence-corrected chi connectivity index (χ4v) is 2.15. The molecule has 2 heterocycles. The molecule has 0 aromatic carbocycles. The summed E-state index contributed by atoms with van der Waals surface area (Å²) < 4.78 is 5.58. The molecule has 1 atom stereocenters. The van der Waals surface area contributed by atoms with Gasteiger partial charge in [0.15, 0.2) is 0 Å². The molecule has 4 nitrogen and oxygen atoms in total. The number of nitrogen functional groups attached to an aromatic ring is 1. The van der Waals surface area contributed by atoms with Crippen molar-refractivity contribution in [1.82, 2.24) is 9.88 Å². The van der Waals surface area contributed by atoms with Crippen molar-refractivity contribution in [3.8, 4) is 5.88 Å². The van der Waals surface area contributed by atoms with Gasteiger partial charge in [0.05, 0.1) is 6.61 Å². The lowest BCUT2D eigenvalue weighted by atomic mass is 10.1. The molecule has 1 saturated heterocycles. The van der Waals surface area contributed by atoms with Gasteiger partial charge < -0.3 is 15.4 Å². The largest absolute Gasteiger partial charge is 0.478 e. The smallest absolute Gasteiger partial charge is 0.215 e. The molecule has 0 saturated carbocycles. The molecule has 0 radical (unpaired) electrons. The van der Waals surface area contributed by atoms with E-state index in [0.29, 0.717) is 24.2 Å². The Bertz CT molecular complexity index is 343. The van der Waals surface area contributed by atoms with Gasteiger partial charge in [0.2, 0.25) is 5.88 Å². The molecule has 2 rings (SSSR count). The first-order valence-electron chi connectivity index (χ1n) is 5.80. The average molecular weight is 221 g/mol. The third-order valence-corrected chi connectivity index (χ3v) is 3.13. The normalized spacial score (nSPS) is 21.2. The van der Waals surface area contributed by atoms with Crippen LogP contribution in [-0.4, -0.2) is 36.1 Å². The van der Waals surface area contributed by atoms with E-state index in [4.69, 9.17) is 10.5 Å². The van der Waals surface area contributed by atoms with Gasteiger partial charge in [-0.2, -0.15) is 0 Å². The summed E-state index contributed by atoms with van der Waals surface area (Å²) in [5, 5.41) is 0. The van der Waals surface area contributed by atoms with E-state index in [9.17, 15) is 0 Å². The van der Waals surface area contributed by atoms with Crippen molar-refractivity contribution in [3.63, 3.8) is 0 Å². The number of hydrogen-bond donors (Lipinski definition) is 1. The molecule has 1 fully saturated rings. The van der Waals surface area contributed by atoms with Crippen molar-refractivity contribution in [1.29, 1.82) is 0 Å². The van der Waals surface area contributed by atoms with E-state index in [0.717, 1.165) is 6.42 Å². The minimum absolute atomic E-state index is 0.626.